The Bertz CT molecular complexity index is 1070. The first kappa shape index (κ1) is 23.0. The number of hydrogen-bond donors (Lipinski definition) is 0. The van der Waals surface area contributed by atoms with E-state index in [1.165, 1.54) is 0 Å². The molecule has 0 atom stereocenters. The van der Waals surface area contributed by atoms with Crippen molar-refractivity contribution >= 4 is 23.2 Å². The lowest BCUT2D eigenvalue weighted by atomic mass is 9.77. The predicted octanol–water partition coefficient (Wildman–Crippen LogP) is 6.28. The van der Waals surface area contributed by atoms with Crippen LogP contribution in [0.3, 0.4) is 0 Å². The van der Waals surface area contributed by atoms with Crippen LogP contribution in [0.25, 0.3) is 0 Å². The molecule has 0 aliphatic rings. The van der Waals surface area contributed by atoms with E-state index < -0.39 is 0 Å². The molecule has 0 N–H and O–H groups in total. The molecule has 0 aliphatic carbocycles. The van der Waals surface area contributed by atoms with Crippen LogP contribution in [-0.2, 0) is 18.4 Å². The van der Waals surface area contributed by atoms with Crippen LogP contribution in [-0.4, -0.2) is 17.5 Å². The topological polar surface area (TPSA) is 68.3 Å². The van der Waals surface area contributed by atoms with Crippen LogP contribution in [0.4, 0.5) is 0 Å². The van der Waals surface area contributed by atoms with E-state index in [2.05, 4.69) is 24.9 Å². The average Bonchev–Trinajstić information content (AvgIpc) is 3.24. The number of alkyl halides is 1. The van der Waals surface area contributed by atoms with E-state index in [1.807, 2.05) is 43.3 Å². The van der Waals surface area contributed by atoms with Crippen molar-refractivity contribution in [2.45, 2.75) is 39.2 Å². The summed E-state index contributed by atoms with van der Waals surface area (Å²) < 4.78 is 16.9. The molecule has 7 heteroatoms. The van der Waals surface area contributed by atoms with Gasteiger partial charge >= 0.3 is 0 Å². The van der Waals surface area contributed by atoms with Gasteiger partial charge in [0.05, 0.1) is 22.7 Å². The molecule has 0 unspecified atom stereocenters. The zero-order valence-electron chi connectivity index (χ0n) is 17.7. The molecule has 0 amide bonds. The van der Waals surface area contributed by atoms with Crippen molar-refractivity contribution in [1.29, 1.82) is 5.26 Å². The molecular weight excluding hydrogens is 435 g/mol. The predicted molar refractivity (Wildman–Crippen MR) is 121 cm³/mol. The number of aryl methyl sites for hydroxylation is 1. The van der Waals surface area contributed by atoms with Gasteiger partial charge in [-0.3, -0.25) is 0 Å². The van der Waals surface area contributed by atoms with E-state index in [4.69, 9.17) is 37.1 Å². The van der Waals surface area contributed by atoms with E-state index in [1.54, 1.807) is 6.20 Å². The highest BCUT2D eigenvalue weighted by atomic mass is 35.5. The standard InChI is InChI=1S/C24H24Cl2N2O3/c1-4-22-28-14-20(31-22)15-30-19-7-5-17(6-8-19)24(2,3)18-11-16(13-27)23(21(26)12-18)29-10-9-25/h5-8,11-12,14H,4,9-10,15H2,1-3H3. The Morgan fingerprint density at radius 2 is 1.87 bits per heavy atom. The van der Waals surface area contributed by atoms with Crippen molar-refractivity contribution in [1.82, 2.24) is 4.98 Å². The van der Waals surface area contributed by atoms with E-state index in [-0.39, 0.29) is 12.0 Å². The van der Waals surface area contributed by atoms with E-state index in [0.717, 1.165) is 23.3 Å². The number of hydrogen-bond acceptors (Lipinski definition) is 5. The van der Waals surface area contributed by atoms with E-state index in [0.29, 0.717) is 40.5 Å². The molecule has 2 aromatic carbocycles. The van der Waals surface area contributed by atoms with Gasteiger partial charge < -0.3 is 13.9 Å². The molecule has 3 aromatic rings. The number of benzene rings is 2. The summed E-state index contributed by atoms with van der Waals surface area (Å²) in [4.78, 5) is 4.17. The lowest BCUT2D eigenvalue weighted by Gasteiger charge is -2.27. The lowest BCUT2D eigenvalue weighted by Crippen LogP contribution is -2.19. The number of aromatic nitrogens is 1. The normalized spacial score (nSPS) is 11.2. The van der Waals surface area contributed by atoms with Gasteiger partial charge in [0.25, 0.3) is 0 Å². The number of rotatable bonds is 9. The second-order valence-corrected chi connectivity index (χ2v) is 8.28. The molecular formula is C24H24Cl2N2O3. The SMILES string of the molecule is CCc1ncc(COc2ccc(C(C)(C)c3cc(Cl)c(OCCCl)c(C#N)c3)cc2)o1. The summed E-state index contributed by atoms with van der Waals surface area (Å²) in [5, 5.41) is 9.95. The van der Waals surface area contributed by atoms with Gasteiger partial charge in [0.1, 0.15) is 25.0 Å². The van der Waals surface area contributed by atoms with Gasteiger partial charge in [-0.25, -0.2) is 4.98 Å². The van der Waals surface area contributed by atoms with Crippen molar-refractivity contribution in [2.24, 2.45) is 0 Å². The van der Waals surface area contributed by atoms with E-state index in [9.17, 15) is 5.26 Å². The first-order valence-corrected chi connectivity index (χ1v) is 10.9. The minimum Gasteiger partial charge on any atom is -0.489 e. The zero-order valence-corrected chi connectivity index (χ0v) is 19.3. The number of nitriles is 1. The van der Waals surface area contributed by atoms with Crippen molar-refractivity contribution in [3.8, 4) is 17.6 Å². The second-order valence-electron chi connectivity index (χ2n) is 7.50. The number of ether oxygens (including phenoxy) is 2. The fourth-order valence-electron chi connectivity index (χ4n) is 3.19. The molecule has 1 heterocycles. The molecule has 162 valence electrons. The Hall–Kier alpha value is -2.68. The van der Waals surface area contributed by atoms with E-state index >= 15 is 0 Å². The largest absolute Gasteiger partial charge is 0.489 e. The third kappa shape index (κ3) is 5.33. The Morgan fingerprint density at radius 1 is 1.13 bits per heavy atom. The van der Waals surface area contributed by atoms with Crippen molar-refractivity contribution < 1.29 is 13.9 Å². The summed E-state index contributed by atoms with van der Waals surface area (Å²) in [5.74, 6) is 2.81. The first-order chi connectivity index (χ1) is 14.9. The van der Waals surface area contributed by atoms with Crippen LogP contribution in [0.2, 0.25) is 5.02 Å². The average molecular weight is 459 g/mol. The van der Waals surface area contributed by atoms with Gasteiger partial charge in [-0.15, -0.1) is 11.6 Å². The third-order valence-electron chi connectivity index (χ3n) is 5.07. The van der Waals surface area contributed by atoms with Crippen LogP contribution >= 0.6 is 23.2 Å². The molecule has 5 nitrogen and oxygen atoms in total. The van der Waals surface area contributed by atoms with Crippen LogP contribution in [0.15, 0.2) is 47.0 Å². The Kier molecular flexibility index (Phi) is 7.48. The fraction of sp³-hybridized carbons (Fsp3) is 0.333. The third-order valence-corrected chi connectivity index (χ3v) is 5.51. The van der Waals surface area contributed by atoms with Gasteiger partial charge in [-0.05, 0) is 35.4 Å². The summed E-state index contributed by atoms with van der Waals surface area (Å²) in [5.41, 5.74) is 1.97. The van der Waals surface area contributed by atoms with Crippen molar-refractivity contribution in [3.63, 3.8) is 0 Å². The summed E-state index contributed by atoms with van der Waals surface area (Å²) in [6, 6.07) is 13.7. The van der Waals surface area contributed by atoms with Gasteiger partial charge in [0.15, 0.2) is 17.4 Å². The Labute approximate surface area is 192 Å². The van der Waals surface area contributed by atoms with Crippen molar-refractivity contribution in [3.05, 3.63) is 76.0 Å². The molecule has 31 heavy (non-hydrogen) atoms. The number of oxazole rings is 1. The maximum absolute atomic E-state index is 9.56. The number of nitrogens with zero attached hydrogens (tertiary/aromatic N) is 2. The smallest absolute Gasteiger partial charge is 0.194 e. The Morgan fingerprint density at radius 3 is 2.48 bits per heavy atom. The minimum atomic E-state index is -0.389. The van der Waals surface area contributed by atoms with Crippen LogP contribution < -0.4 is 9.47 Å². The molecule has 1 aromatic heterocycles. The zero-order chi connectivity index (χ0) is 22.4. The van der Waals surface area contributed by atoms with Crippen LogP contribution in [0.5, 0.6) is 11.5 Å². The molecule has 0 fully saturated rings. The highest BCUT2D eigenvalue weighted by molar-refractivity contribution is 6.32. The summed E-state index contributed by atoms with van der Waals surface area (Å²) >= 11 is 12.1. The van der Waals surface area contributed by atoms with Gasteiger partial charge in [0, 0.05) is 11.8 Å². The molecule has 0 spiro atoms. The van der Waals surface area contributed by atoms with Gasteiger partial charge in [0.2, 0.25) is 0 Å². The molecule has 0 aliphatic heterocycles. The quantitative estimate of drug-likeness (QED) is 0.352. The molecule has 0 saturated carbocycles. The van der Waals surface area contributed by atoms with Gasteiger partial charge in [-0.2, -0.15) is 5.26 Å². The fourth-order valence-corrected chi connectivity index (χ4v) is 3.54. The highest BCUT2D eigenvalue weighted by Crippen LogP contribution is 2.38. The molecule has 0 saturated heterocycles. The number of halogens is 2. The lowest BCUT2D eigenvalue weighted by molar-refractivity contribution is 0.266. The summed E-state index contributed by atoms with van der Waals surface area (Å²) in [6.07, 6.45) is 2.44. The van der Waals surface area contributed by atoms with Crippen LogP contribution in [0, 0.1) is 11.3 Å². The molecule has 3 rings (SSSR count). The minimum absolute atomic E-state index is 0.286. The molecule has 0 radical (unpaired) electrons. The maximum atomic E-state index is 9.56. The Balaban J connectivity index is 1.78. The molecule has 0 bridgehead atoms. The maximum Gasteiger partial charge on any atom is 0.194 e. The highest BCUT2D eigenvalue weighted by Gasteiger charge is 2.26. The van der Waals surface area contributed by atoms with Crippen molar-refractivity contribution in [2.75, 3.05) is 12.5 Å². The van der Waals surface area contributed by atoms with Gasteiger partial charge in [-0.1, -0.05) is 44.5 Å². The monoisotopic (exact) mass is 458 g/mol. The van der Waals surface area contributed by atoms with Crippen LogP contribution in [0.1, 0.15) is 49.1 Å². The second kappa shape index (κ2) is 10.1. The summed E-state index contributed by atoms with van der Waals surface area (Å²) in [6.45, 7) is 6.75. The summed E-state index contributed by atoms with van der Waals surface area (Å²) in [7, 11) is 0. The first-order valence-electron chi connectivity index (χ1n) is 9.98.